The Morgan fingerprint density at radius 1 is 0.967 bits per heavy atom. The van der Waals surface area contributed by atoms with Gasteiger partial charge in [-0.1, -0.05) is 66.7 Å². The van der Waals surface area contributed by atoms with Gasteiger partial charge in [0.25, 0.3) is 0 Å². The Morgan fingerprint density at radius 3 is 2.40 bits per heavy atom. The fourth-order valence-corrected chi connectivity index (χ4v) is 3.46. The molecule has 0 amide bonds. The minimum absolute atomic E-state index is 0.148. The number of hydrogen-bond donors (Lipinski definition) is 1. The lowest BCUT2D eigenvalue weighted by atomic mass is 10.1. The highest BCUT2D eigenvalue weighted by molar-refractivity contribution is 5.82. The fourth-order valence-electron chi connectivity index (χ4n) is 3.46. The van der Waals surface area contributed by atoms with Crippen molar-refractivity contribution in [1.29, 1.82) is 0 Å². The van der Waals surface area contributed by atoms with Crippen molar-refractivity contribution in [1.82, 2.24) is 9.78 Å². The molecule has 0 atom stereocenters. The molecule has 4 nitrogen and oxygen atoms in total. The molecular formula is C26H24N2O2. The largest absolute Gasteiger partial charge is 0.507 e. The third-order valence-electron chi connectivity index (χ3n) is 4.96. The highest BCUT2D eigenvalue weighted by Gasteiger charge is 2.17. The van der Waals surface area contributed by atoms with Gasteiger partial charge in [-0.05, 0) is 47.9 Å². The molecule has 0 unspecified atom stereocenters. The van der Waals surface area contributed by atoms with E-state index in [2.05, 4.69) is 30.2 Å². The molecule has 0 aliphatic rings. The van der Waals surface area contributed by atoms with Gasteiger partial charge < -0.3 is 9.84 Å². The van der Waals surface area contributed by atoms with Gasteiger partial charge in [0.1, 0.15) is 23.8 Å². The summed E-state index contributed by atoms with van der Waals surface area (Å²) in [5.41, 5.74) is 5.54. The van der Waals surface area contributed by atoms with E-state index in [0.717, 1.165) is 22.4 Å². The summed E-state index contributed by atoms with van der Waals surface area (Å²) in [5.74, 6) is 0.753. The van der Waals surface area contributed by atoms with Gasteiger partial charge in [-0.25, -0.2) is 0 Å². The number of ether oxygens (including phenoxy) is 1. The predicted octanol–water partition coefficient (Wildman–Crippen LogP) is 5.93. The Hall–Kier alpha value is -3.79. The second-order valence-corrected chi connectivity index (χ2v) is 7.20. The molecule has 3 aromatic carbocycles. The van der Waals surface area contributed by atoms with Crippen molar-refractivity contribution in [2.75, 3.05) is 0 Å². The molecule has 1 aromatic heterocycles. The minimum atomic E-state index is 0.148. The molecular weight excluding hydrogens is 372 g/mol. The predicted molar refractivity (Wildman–Crippen MR) is 121 cm³/mol. The first-order valence-electron chi connectivity index (χ1n) is 9.88. The summed E-state index contributed by atoms with van der Waals surface area (Å²) in [5, 5.41) is 15.2. The van der Waals surface area contributed by atoms with E-state index in [9.17, 15) is 5.11 Å². The van der Waals surface area contributed by atoms with Crippen molar-refractivity contribution >= 4 is 11.6 Å². The lowest BCUT2D eigenvalue weighted by Crippen LogP contribution is -1.98. The summed E-state index contributed by atoms with van der Waals surface area (Å²) in [6.07, 6.45) is 2.12. The molecule has 0 bridgehead atoms. The maximum Gasteiger partial charge on any atom is 0.133 e. The van der Waals surface area contributed by atoms with Crippen LogP contribution in [-0.4, -0.2) is 14.9 Å². The average Bonchev–Trinajstić information content (AvgIpc) is 3.15. The van der Waals surface area contributed by atoms with E-state index in [0.29, 0.717) is 23.6 Å². The highest BCUT2D eigenvalue weighted by atomic mass is 16.5. The Bertz CT molecular complexity index is 1160. The second-order valence-electron chi connectivity index (χ2n) is 7.20. The van der Waals surface area contributed by atoms with Crippen LogP contribution in [0.5, 0.6) is 11.5 Å². The number of phenols is 1. The van der Waals surface area contributed by atoms with Crippen LogP contribution in [0.4, 0.5) is 0 Å². The maximum absolute atomic E-state index is 10.6. The van der Waals surface area contributed by atoms with E-state index in [1.165, 1.54) is 0 Å². The molecule has 0 fully saturated rings. The molecule has 0 saturated carbocycles. The first kappa shape index (κ1) is 19.5. The zero-order valence-electron chi connectivity index (χ0n) is 17.1. The van der Waals surface area contributed by atoms with Crippen LogP contribution in [0.3, 0.4) is 0 Å². The summed E-state index contributed by atoms with van der Waals surface area (Å²) in [4.78, 5) is 0. The molecule has 1 heterocycles. The molecule has 0 aliphatic carbocycles. The summed E-state index contributed by atoms with van der Waals surface area (Å²) >= 11 is 0. The van der Waals surface area contributed by atoms with Crippen LogP contribution in [-0.2, 0) is 13.7 Å². The minimum Gasteiger partial charge on any atom is -0.507 e. The standard InChI is InChI=1S/C26H24N2O2/c1-19(16-20-10-5-3-6-11-20)23-17-22(27-28(23)2)26-24(29)14-9-15-25(26)30-18-21-12-7-4-8-13-21/h3-17,29H,18H2,1-2H3/b19-16+. The van der Waals surface area contributed by atoms with E-state index < -0.39 is 0 Å². The van der Waals surface area contributed by atoms with Crippen LogP contribution in [0.15, 0.2) is 84.9 Å². The quantitative estimate of drug-likeness (QED) is 0.439. The van der Waals surface area contributed by atoms with Gasteiger partial charge in [-0.3, -0.25) is 4.68 Å². The number of nitrogens with zero attached hydrogens (tertiary/aromatic N) is 2. The topological polar surface area (TPSA) is 47.3 Å². The van der Waals surface area contributed by atoms with E-state index in [1.54, 1.807) is 12.1 Å². The van der Waals surface area contributed by atoms with Crippen molar-refractivity contribution in [2.45, 2.75) is 13.5 Å². The summed E-state index contributed by atoms with van der Waals surface area (Å²) in [7, 11) is 1.91. The van der Waals surface area contributed by atoms with Gasteiger partial charge in [0.05, 0.1) is 11.3 Å². The number of aromatic nitrogens is 2. The average molecular weight is 396 g/mol. The van der Waals surface area contributed by atoms with E-state index in [1.807, 2.05) is 72.4 Å². The number of phenolic OH excluding ortho intramolecular Hbond substituents is 1. The molecule has 150 valence electrons. The van der Waals surface area contributed by atoms with Gasteiger partial charge in [0, 0.05) is 7.05 Å². The van der Waals surface area contributed by atoms with Crippen molar-refractivity contribution in [3.8, 4) is 22.8 Å². The first-order valence-corrected chi connectivity index (χ1v) is 9.88. The Kier molecular flexibility index (Phi) is 5.66. The van der Waals surface area contributed by atoms with E-state index in [4.69, 9.17) is 4.74 Å². The highest BCUT2D eigenvalue weighted by Crippen LogP contribution is 2.38. The summed E-state index contributed by atoms with van der Waals surface area (Å²) < 4.78 is 7.87. The van der Waals surface area contributed by atoms with Gasteiger partial charge >= 0.3 is 0 Å². The lowest BCUT2D eigenvalue weighted by Gasteiger charge is -2.11. The van der Waals surface area contributed by atoms with Gasteiger partial charge in [-0.2, -0.15) is 5.10 Å². The molecule has 0 saturated heterocycles. The molecule has 4 aromatic rings. The van der Waals surface area contributed by atoms with Crippen molar-refractivity contribution in [2.24, 2.45) is 7.05 Å². The molecule has 4 heteroatoms. The van der Waals surface area contributed by atoms with Crippen LogP contribution < -0.4 is 4.74 Å². The molecule has 0 spiro atoms. The van der Waals surface area contributed by atoms with Gasteiger partial charge in [0.2, 0.25) is 0 Å². The van der Waals surface area contributed by atoms with E-state index in [-0.39, 0.29) is 5.75 Å². The maximum atomic E-state index is 10.6. The van der Waals surface area contributed by atoms with Crippen molar-refractivity contribution in [3.63, 3.8) is 0 Å². The lowest BCUT2D eigenvalue weighted by molar-refractivity contribution is 0.306. The van der Waals surface area contributed by atoms with Crippen LogP contribution in [0.25, 0.3) is 22.9 Å². The zero-order valence-corrected chi connectivity index (χ0v) is 17.1. The Labute approximate surface area is 176 Å². The number of aromatic hydroxyl groups is 1. The van der Waals surface area contributed by atoms with Crippen LogP contribution in [0, 0.1) is 0 Å². The smallest absolute Gasteiger partial charge is 0.133 e. The molecule has 0 aliphatic heterocycles. The van der Waals surface area contributed by atoms with Gasteiger partial charge in [-0.15, -0.1) is 0 Å². The molecule has 0 radical (unpaired) electrons. The van der Waals surface area contributed by atoms with Crippen molar-refractivity contribution < 1.29 is 9.84 Å². The van der Waals surface area contributed by atoms with Crippen molar-refractivity contribution in [3.05, 3.63) is 102 Å². The third-order valence-corrected chi connectivity index (χ3v) is 4.96. The number of allylic oxidation sites excluding steroid dienone is 1. The summed E-state index contributed by atoms with van der Waals surface area (Å²) in [6.45, 7) is 2.48. The second kappa shape index (κ2) is 8.70. The number of aryl methyl sites for hydroxylation is 1. The number of benzene rings is 3. The van der Waals surface area contributed by atoms with Crippen LogP contribution >= 0.6 is 0 Å². The number of rotatable bonds is 6. The first-order chi connectivity index (χ1) is 14.6. The van der Waals surface area contributed by atoms with Crippen LogP contribution in [0.1, 0.15) is 23.7 Å². The van der Waals surface area contributed by atoms with Crippen LogP contribution in [0.2, 0.25) is 0 Å². The Morgan fingerprint density at radius 2 is 1.67 bits per heavy atom. The molecule has 4 rings (SSSR count). The third kappa shape index (κ3) is 4.28. The SMILES string of the molecule is C/C(=C\c1ccccc1)c1cc(-c2c(O)cccc2OCc2ccccc2)nn1C. The number of hydrogen-bond acceptors (Lipinski definition) is 3. The molecule has 30 heavy (non-hydrogen) atoms. The normalized spacial score (nSPS) is 11.5. The van der Waals surface area contributed by atoms with Gasteiger partial charge in [0.15, 0.2) is 0 Å². The van der Waals surface area contributed by atoms with E-state index >= 15 is 0 Å². The Balaban J connectivity index is 1.66. The molecule has 1 N–H and O–H groups in total. The summed E-state index contributed by atoms with van der Waals surface area (Å²) in [6, 6.07) is 27.4. The fraction of sp³-hybridized carbons (Fsp3) is 0.115. The zero-order chi connectivity index (χ0) is 20.9. The monoisotopic (exact) mass is 396 g/mol.